The Morgan fingerprint density at radius 3 is 2.02 bits per heavy atom. The second-order valence-electron chi connectivity index (χ2n) is 13.3. The van der Waals surface area contributed by atoms with E-state index in [1.54, 1.807) is 6.92 Å². The fraction of sp³-hybridized carbons (Fsp3) is 0.618. The van der Waals surface area contributed by atoms with Crippen molar-refractivity contribution in [1.82, 2.24) is 0 Å². The Labute approximate surface area is 279 Å². The molecule has 0 saturated heterocycles. The molecular formula is C34H48O14. The van der Waals surface area contributed by atoms with Gasteiger partial charge in [0.1, 0.15) is 41.7 Å². The first-order valence-corrected chi connectivity index (χ1v) is 15.4. The second-order valence-corrected chi connectivity index (χ2v) is 13.3. The van der Waals surface area contributed by atoms with Crippen molar-refractivity contribution in [3.8, 4) is 0 Å². The van der Waals surface area contributed by atoms with Crippen molar-refractivity contribution in [2.75, 3.05) is 0 Å². The van der Waals surface area contributed by atoms with Crippen molar-refractivity contribution in [1.29, 1.82) is 0 Å². The summed E-state index contributed by atoms with van der Waals surface area (Å²) in [7, 11) is 0. The minimum Gasteiger partial charge on any atom is -0.459 e. The number of hydrogen-bond donors (Lipinski definition) is 4. The highest BCUT2D eigenvalue weighted by atomic mass is 17.1. The number of allylic oxidation sites excluding steroid dienone is 1. The predicted octanol–water partition coefficient (Wildman–Crippen LogP) is 2.29. The van der Waals surface area contributed by atoms with Gasteiger partial charge in [-0.3, -0.25) is 19.6 Å². The summed E-state index contributed by atoms with van der Waals surface area (Å²) in [4.78, 5) is 69.7. The number of aliphatic hydroxyl groups is 3. The monoisotopic (exact) mass is 680 g/mol. The van der Waals surface area contributed by atoms with E-state index in [9.17, 15) is 39.3 Å². The van der Waals surface area contributed by atoms with E-state index in [2.05, 4.69) is 18.0 Å². The zero-order valence-corrected chi connectivity index (χ0v) is 28.8. The molecule has 1 fully saturated rings. The van der Waals surface area contributed by atoms with Gasteiger partial charge in [0.2, 0.25) is 0 Å². The van der Waals surface area contributed by atoms with E-state index in [1.807, 2.05) is 0 Å². The average molecular weight is 681 g/mol. The summed E-state index contributed by atoms with van der Waals surface area (Å²) in [6.45, 7) is 19.6. The largest absolute Gasteiger partial charge is 0.459 e. The molecule has 1 saturated carbocycles. The van der Waals surface area contributed by atoms with E-state index in [4.69, 9.17) is 24.2 Å². The van der Waals surface area contributed by atoms with Gasteiger partial charge in [0.15, 0.2) is 11.9 Å². The van der Waals surface area contributed by atoms with Crippen molar-refractivity contribution in [2.45, 2.75) is 117 Å². The van der Waals surface area contributed by atoms with Crippen LogP contribution in [0, 0.1) is 17.3 Å². The Kier molecular flexibility index (Phi) is 12.9. The van der Waals surface area contributed by atoms with Crippen LogP contribution in [0.1, 0.15) is 68.7 Å². The molecule has 4 N–H and O–H groups in total. The fourth-order valence-electron chi connectivity index (χ4n) is 6.05. The van der Waals surface area contributed by atoms with Crippen LogP contribution in [0.2, 0.25) is 0 Å². The van der Waals surface area contributed by atoms with Crippen molar-refractivity contribution >= 4 is 29.7 Å². The quantitative estimate of drug-likeness (QED) is 0.0724. The van der Waals surface area contributed by atoms with Gasteiger partial charge in [-0.15, -0.1) is 0 Å². The van der Waals surface area contributed by atoms with Gasteiger partial charge in [0.05, 0.1) is 11.5 Å². The Hall–Kier alpha value is -3.69. The van der Waals surface area contributed by atoms with Crippen LogP contribution in [0.15, 0.2) is 48.1 Å². The van der Waals surface area contributed by atoms with Crippen LogP contribution in [0.4, 0.5) is 0 Å². The van der Waals surface area contributed by atoms with E-state index in [-0.39, 0.29) is 16.7 Å². The molecule has 0 spiro atoms. The highest BCUT2D eigenvalue weighted by molar-refractivity contribution is 5.97. The molecule has 2 aliphatic carbocycles. The second kappa shape index (κ2) is 15.2. The maximum atomic E-state index is 14.3. The zero-order valence-electron chi connectivity index (χ0n) is 28.8. The summed E-state index contributed by atoms with van der Waals surface area (Å²) in [5.74, 6) is -7.59. The molecule has 48 heavy (non-hydrogen) atoms. The molecule has 0 heterocycles. The third-order valence-corrected chi connectivity index (χ3v) is 8.93. The number of carbonyl (C=O) groups excluding carboxylic acids is 5. The molecule has 0 aromatic carbocycles. The van der Waals surface area contributed by atoms with Crippen molar-refractivity contribution in [2.24, 2.45) is 17.3 Å². The van der Waals surface area contributed by atoms with Gasteiger partial charge in [0.25, 0.3) is 0 Å². The topological polar surface area (TPSA) is 212 Å². The van der Waals surface area contributed by atoms with Crippen LogP contribution in [0.3, 0.4) is 0 Å². The van der Waals surface area contributed by atoms with Crippen LogP contribution in [0.25, 0.3) is 0 Å². The lowest BCUT2D eigenvalue weighted by atomic mass is 9.71. The number of esters is 4. The maximum absolute atomic E-state index is 14.3. The highest BCUT2D eigenvalue weighted by Crippen LogP contribution is 2.49. The number of fused-ring (bicyclic) bond motifs is 1. The molecule has 0 aliphatic heterocycles. The molecule has 0 bridgehead atoms. The SMILES string of the molecule is C=C(C(=O)O[C@@H]1[C@@H]2[C@@H](OC(C)=O)C(=C)[C@H](OC(=O)/C(C)=C\C)[C@@H](O)[C@@H](OC(C)=O)C(C)(C)/C=C/[C@@](C)(O)C(=O)[C@@]2(O)C[C@@H]1C)C(C)OO. The minimum absolute atomic E-state index is 0.108. The molecule has 0 amide bonds. The summed E-state index contributed by atoms with van der Waals surface area (Å²) in [6, 6.07) is 0. The molecular weight excluding hydrogens is 632 g/mol. The Morgan fingerprint density at radius 1 is 0.958 bits per heavy atom. The van der Waals surface area contributed by atoms with Crippen LogP contribution in [0.5, 0.6) is 0 Å². The van der Waals surface area contributed by atoms with E-state index in [0.29, 0.717) is 0 Å². The first-order valence-electron chi connectivity index (χ1n) is 15.4. The highest BCUT2D eigenvalue weighted by Gasteiger charge is 2.65. The zero-order chi connectivity index (χ0) is 37.1. The Balaban J connectivity index is 3.02. The van der Waals surface area contributed by atoms with Crippen LogP contribution in [-0.4, -0.2) is 98.1 Å². The van der Waals surface area contributed by atoms with Crippen LogP contribution >= 0.6 is 0 Å². The third-order valence-electron chi connectivity index (χ3n) is 8.93. The van der Waals surface area contributed by atoms with E-state index in [1.165, 1.54) is 46.8 Å². The average Bonchev–Trinajstić information content (AvgIpc) is 3.26. The van der Waals surface area contributed by atoms with Crippen LogP contribution < -0.4 is 0 Å². The van der Waals surface area contributed by atoms with E-state index >= 15 is 0 Å². The molecule has 268 valence electrons. The summed E-state index contributed by atoms with van der Waals surface area (Å²) >= 11 is 0. The number of Topliss-reactive ketones (excluding diaryl/α,β-unsaturated/α-hetero) is 1. The van der Waals surface area contributed by atoms with Crippen molar-refractivity contribution in [3.63, 3.8) is 0 Å². The Bertz CT molecular complexity index is 1370. The molecule has 0 aromatic rings. The van der Waals surface area contributed by atoms with Gasteiger partial charge in [-0.25, -0.2) is 14.5 Å². The number of hydrogen-bond acceptors (Lipinski definition) is 14. The number of ether oxygens (including phenoxy) is 4. The normalized spacial score (nSPS) is 35.2. The predicted molar refractivity (Wildman–Crippen MR) is 169 cm³/mol. The van der Waals surface area contributed by atoms with Gasteiger partial charge in [0, 0.05) is 30.4 Å². The molecule has 2 rings (SSSR count). The standard InChI is InChI=1S/C34H48O14/c1-12-16(2)29(38)47-27-19(5)26(44-21(7)35)23-25(46-30(39)18(4)20(6)48-43)17(3)15-34(23,42)31(40)33(11,41)14-13-32(9,10)28(24(27)37)45-22(8)36/h12-14,17,20,23-28,37,41-43H,4-5,15H2,1-3,6-11H3/b14-13+,16-12-/t17-,20?,23+,24+,25-,26-,27-,28+,33+,34+/m0/s1. The molecule has 1 unspecified atom stereocenters. The van der Waals surface area contributed by atoms with E-state index < -0.39 is 101 Å². The molecule has 2 aliphatic rings. The molecule has 10 atom stereocenters. The van der Waals surface area contributed by atoms with Gasteiger partial charge in [-0.2, -0.15) is 0 Å². The summed E-state index contributed by atoms with van der Waals surface area (Å²) < 4.78 is 22.6. The first kappa shape index (κ1) is 40.5. The smallest absolute Gasteiger partial charge is 0.336 e. The summed E-state index contributed by atoms with van der Waals surface area (Å²) in [5.41, 5.74) is -7.00. The fourth-order valence-corrected chi connectivity index (χ4v) is 6.05. The molecule has 0 radical (unpaired) electrons. The Morgan fingerprint density at radius 2 is 1.52 bits per heavy atom. The third kappa shape index (κ3) is 8.47. The number of carbonyl (C=O) groups is 5. The number of rotatable bonds is 8. The summed E-state index contributed by atoms with van der Waals surface area (Å²) in [5, 5.41) is 44.8. The number of aliphatic hydroxyl groups excluding tert-OH is 1. The van der Waals surface area contributed by atoms with Gasteiger partial charge >= 0.3 is 23.9 Å². The lowest BCUT2D eigenvalue weighted by molar-refractivity contribution is -0.264. The lowest BCUT2D eigenvalue weighted by Gasteiger charge is -2.44. The minimum atomic E-state index is -2.60. The van der Waals surface area contributed by atoms with E-state index in [0.717, 1.165) is 26.8 Å². The molecule has 14 heteroatoms. The lowest BCUT2D eigenvalue weighted by Crippen LogP contribution is -2.60. The van der Waals surface area contributed by atoms with Crippen molar-refractivity contribution < 1.29 is 68.4 Å². The van der Waals surface area contributed by atoms with Gasteiger partial charge < -0.3 is 34.3 Å². The maximum Gasteiger partial charge on any atom is 0.336 e. The van der Waals surface area contributed by atoms with Gasteiger partial charge in [-0.1, -0.05) is 46.1 Å². The molecule has 14 nitrogen and oxygen atoms in total. The van der Waals surface area contributed by atoms with Crippen LogP contribution in [-0.2, 0) is 47.8 Å². The summed E-state index contributed by atoms with van der Waals surface area (Å²) in [6.07, 6.45) is -6.40. The van der Waals surface area contributed by atoms with Crippen molar-refractivity contribution in [3.05, 3.63) is 48.1 Å². The molecule has 0 aromatic heterocycles. The number of ketones is 1. The van der Waals surface area contributed by atoms with Gasteiger partial charge in [-0.05, 0) is 46.1 Å². The first-order chi connectivity index (χ1) is 22.0.